The standard InChI is InChI=1S/C27H32FN3O3/c1-26(2,29-24(33)15-10-19-7-4-3-5-8-19)25(34)31-17-22(20-11-13-21(28)14-12-20)27(18-31)16-6-9-23(32)30-27/h3-5,7-8,11-14,22H,6,9-10,15-18H2,1-2H3,(H,29,33)(H,30,32)/t22-,27+/m0/s1. The van der Waals surface area contributed by atoms with Crippen LogP contribution in [-0.2, 0) is 20.8 Å². The summed E-state index contributed by atoms with van der Waals surface area (Å²) in [4.78, 5) is 40.3. The fourth-order valence-electron chi connectivity index (χ4n) is 5.29. The van der Waals surface area contributed by atoms with Gasteiger partial charge in [0.1, 0.15) is 11.4 Å². The summed E-state index contributed by atoms with van der Waals surface area (Å²) in [6.07, 6.45) is 2.84. The van der Waals surface area contributed by atoms with E-state index in [-0.39, 0.29) is 29.5 Å². The summed E-state index contributed by atoms with van der Waals surface area (Å²) in [5, 5.41) is 6.05. The smallest absolute Gasteiger partial charge is 0.247 e. The van der Waals surface area contributed by atoms with Crippen LogP contribution in [-0.4, -0.2) is 46.8 Å². The number of aryl methyl sites for hydroxylation is 1. The molecule has 6 nitrogen and oxygen atoms in total. The van der Waals surface area contributed by atoms with Crippen LogP contribution < -0.4 is 10.6 Å². The van der Waals surface area contributed by atoms with Gasteiger partial charge in [0.05, 0.1) is 5.54 Å². The molecule has 2 aromatic rings. The van der Waals surface area contributed by atoms with Crippen LogP contribution >= 0.6 is 0 Å². The van der Waals surface area contributed by atoms with E-state index in [2.05, 4.69) is 10.6 Å². The first kappa shape index (κ1) is 23.9. The molecule has 0 unspecified atom stereocenters. The highest BCUT2D eigenvalue weighted by molar-refractivity contribution is 5.91. The quantitative estimate of drug-likeness (QED) is 0.687. The minimum Gasteiger partial charge on any atom is -0.348 e. The van der Waals surface area contributed by atoms with E-state index in [4.69, 9.17) is 0 Å². The molecule has 2 aromatic carbocycles. The van der Waals surface area contributed by atoms with Crippen LogP contribution in [0.1, 0.15) is 56.6 Å². The van der Waals surface area contributed by atoms with Crippen LogP contribution in [0.15, 0.2) is 54.6 Å². The number of halogens is 1. The monoisotopic (exact) mass is 465 g/mol. The van der Waals surface area contributed by atoms with Gasteiger partial charge in [-0.3, -0.25) is 14.4 Å². The van der Waals surface area contributed by atoms with E-state index in [0.717, 1.165) is 24.0 Å². The van der Waals surface area contributed by atoms with Crippen molar-refractivity contribution in [1.82, 2.24) is 15.5 Å². The number of carbonyl (C=O) groups excluding carboxylic acids is 3. The van der Waals surface area contributed by atoms with Crippen molar-refractivity contribution in [2.24, 2.45) is 0 Å². The van der Waals surface area contributed by atoms with Crippen LogP contribution in [0.3, 0.4) is 0 Å². The van der Waals surface area contributed by atoms with Gasteiger partial charge < -0.3 is 15.5 Å². The Labute approximate surface area is 199 Å². The molecule has 2 heterocycles. The third-order valence-electron chi connectivity index (χ3n) is 6.99. The highest BCUT2D eigenvalue weighted by atomic mass is 19.1. The lowest BCUT2D eigenvalue weighted by Crippen LogP contribution is -2.58. The summed E-state index contributed by atoms with van der Waals surface area (Å²) in [5.41, 5.74) is 0.281. The van der Waals surface area contributed by atoms with E-state index >= 15 is 0 Å². The first-order valence-corrected chi connectivity index (χ1v) is 11.9. The number of rotatable bonds is 6. The van der Waals surface area contributed by atoms with Crippen LogP contribution in [0.2, 0.25) is 0 Å². The maximum Gasteiger partial charge on any atom is 0.247 e. The van der Waals surface area contributed by atoms with Gasteiger partial charge in [0.2, 0.25) is 17.7 Å². The molecule has 4 rings (SSSR count). The number of nitrogens with one attached hydrogen (secondary N) is 2. The summed E-state index contributed by atoms with van der Waals surface area (Å²) in [6, 6.07) is 16.0. The largest absolute Gasteiger partial charge is 0.348 e. The van der Waals surface area contributed by atoms with Crippen molar-refractivity contribution in [1.29, 1.82) is 0 Å². The van der Waals surface area contributed by atoms with Gasteiger partial charge in [0, 0.05) is 31.8 Å². The van der Waals surface area contributed by atoms with Crippen LogP contribution in [0.25, 0.3) is 0 Å². The second-order valence-electron chi connectivity index (χ2n) is 10.0. The number of piperidine rings is 1. The Hall–Kier alpha value is -3.22. The number of likely N-dealkylation sites (tertiary alicyclic amines) is 1. The molecule has 2 saturated heterocycles. The van der Waals surface area contributed by atoms with Crippen molar-refractivity contribution in [2.45, 2.75) is 62.9 Å². The predicted molar refractivity (Wildman–Crippen MR) is 127 cm³/mol. The zero-order chi connectivity index (χ0) is 24.3. The molecular weight excluding hydrogens is 433 g/mol. The Morgan fingerprint density at radius 3 is 2.53 bits per heavy atom. The number of nitrogens with zero attached hydrogens (tertiary/aromatic N) is 1. The van der Waals surface area contributed by atoms with E-state index < -0.39 is 11.1 Å². The Bertz CT molecular complexity index is 1050. The molecule has 2 aliphatic heterocycles. The highest BCUT2D eigenvalue weighted by Crippen LogP contribution is 2.42. The first-order chi connectivity index (χ1) is 16.2. The lowest BCUT2D eigenvalue weighted by molar-refractivity contribution is -0.140. The summed E-state index contributed by atoms with van der Waals surface area (Å²) >= 11 is 0. The molecule has 2 aliphatic rings. The second kappa shape index (κ2) is 9.57. The molecule has 0 saturated carbocycles. The zero-order valence-electron chi connectivity index (χ0n) is 19.8. The van der Waals surface area contributed by atoms with Crippen molar-refractivity contribution in [3.63, 3.8) is 0 Å². The first-order valence-electron chi connectivity index (χ1n) is 11.9. The summed E-state index contributed by atoms with van der Waals surface area (Å²) in [6.45, 7) is 4.19. The van der Waals surface area contributed by atoms with Gasteiger partial charge in [-0.1, -0.05) is 42.5 Å². The SMILES string of the molecule is CC(C)(NC(=O)CCc1ccccc1)C(=O)N1C[C@@H](c2ccc(F)cc2)[C@@]2(CCCC(=O)N2)C1. The summed E-state index contributed by atoms with van der Waals surface area (Å²) in [7, 11) is 0. The van der Waals surface area contributed by atoms with Gasteiger partial charge in [0.15, 0.2) is 0 Å². The molecule has 34 heavy (non-hydrogen) atoms. The molecule has 180 valence electrons. The fraction of sp³-hybridized carbons (Fsp3) is 0.444. The number of hydrogen-bond donors (Lipinski definition) is 2. The van der Waals surface area contributed by atoms with Gasteiger partial charge in [-0.2, -0.15) is 0 Å². The molecule has 1 spiro atoms. The molecular formula is C27H32FN3O3. The van der Waals surface area contributed by atoms with Crippen LogP contribution in [0, 0.1) is 5.82 Å². The van der Waals surface area contributed by atoms with Crippen LogP contribution in [0.4, 0.5) is 4.39 Å². The van der Waals surface area contributed by atoms with E-state index in [1.165, 1.54) is 12.1 Å². The maximum atomic E-state index is 13.6. The molecule has 0 bridgehead atoms. The van der Waals surface area contributed by atoms with Crippen molar-refractivity contribution in [2.75, 3.05) is 13.1 Å². The third-order valence-corrected chi connectivity index (χ3v) is 6.99. The Morgan fingerprint density at radius 1 is 1.15 bits per heavy atom. The van der Waals surface area contributed by atoms with E-state index in [9.17, 15) is 18.8 Å². The van der Waals surface area contributed by atoms with E-state index in [0.29, 0.717) is 32.4 Å². The second-order valence-corrected chi connectivity index (χ2v) is 10.0. The summed E-state index contributed by atoms with van der Waals surface area (Å²) < 4.78 is 13.5. The molecule has 0 radical (unpaired) electrons. The number of carbonyl (C=O) groups is 3. The normalized spacial score (nSPS) is 22.5. The number of benzene rings is 2. The molecule has 3 amide bonds. The van der Waals surface area contributed by atoms with Gasteiger partial charge in [-0.05, 0) is 56.4 Å². The topological polar surface area (TPSA) is 78.5 Å². The van der Waals surface area contributed by atoms with E-state index in [1.807, 2.05) is 30.3 Å². The predicted octanol–water partition coefficient (Wildman–Crippen LogP) is 3.32. The average molecular weight is 466 g/mol. The molecule has 0 aliphatic carbocycles. The molecule has 0 aromatic heterocycles. The van der Waals surface area contributed by atoms with Crippen molar-refractivity contribution in [3.8, 4) is 0 Å². The molecule has 7 heteroatoms. The Morgan fingerprint density at radius 2 is 1.85 bits per heavy atom. The fourth-order valence-corrected chi connectivity index (χ4v) is 5.29. The Balaban J connectivity index is 1.47. The zero-order valence-corrected chi connectivity index (χ0v) is 19.8. The number of hydrogen-bond acceptors (Lipinski definition) is 3. The maximum absolute atomic E-state index is 13.6. The van der Waals surface area contributed by atoms with E-state index in [1.54, 1.807) is 30.9 Å². The van der Waals surface area contributed by atoms with Crippen LogP contribution in [0.5, 0.6) is 0 Å². The minimum atomic E-state index is -1.09. The minimum absolute atomic E-state index is 0.0267. The molecule has 2 fully saturated rings. The van der Waals surface area contributed by atoms with Gasteiger partial charge in [-0.15, -0.1) is 0 Å². The Kier molecular flexibility index (Phi) is 6.73. The lowest BCUT2D eigenvalue weighted by Gasteiger charge is -2.39. The third kappa shape index (κ3) is 5.13. The lowest BCUT2D eigenvalue weighted by atomic mass is 9.76. The van der Waals surface area contributed by atoms with Gasteiger partial charge in [-0.25, -0.2) is 4.39 Å². The highest BCUT2D eigenvalue weighted by Gasteiger charge is 2.52. The summed E-state index contributed by atoms with van der Waals surface area (Å²) in [5.74, 6) is -0.871. The molecule has 2 atom stereocenters. The molecule has 2 N–H and O–H groups in total. The van der Waals surface area contributed by atoms with Gasteiger partial charge in [0.25, 0.3) is 0 Å². The van der Waals surface area contributed by atoms with Crippen molar-refractivity contribution < 1.29 is 18.8 Å². The van der Waals surface area contributed by atoms with Crippen molar-refractivity contribution >= 4 is 17.7 Å². The average Bonchev–Trinajstić information content (AvgIpc) is 3.16. The van der Waals surface area contributed by atoms with Crippen molar-refractivity contribution in [3.05, 3.63) is 71.5 Å². The van der Waals surface area contributed by atoms with Gasteiger partial charge >= 0.3 is 0 Å². The number of amides is 3.